The highest BCUT2D eigenvalue weighted by Gasteiger charge is 2.55. The van der Waals surface area contributed by atoms with Gasteiger partial charge in [0.05, 0.1) is 11.1 Å². The maximum absolute atomic E-state index is 13.3. The highest BCUT2D eigenvalue weighted by molar-refractivity contribution is 6.02. The average Bonchev–Trinajstić information content (AvgIpc) is 3.80. The highest BCUT2D eigenvalue weighted by Crippen LogP contribution is 2.59. The molecule has 4 heterocycles. The van der Waals surface area contributed by atoms with Gasteiger partial charge in [0.1, 0.15) is 46.0 Å². The smallest absolute Gasteiger partial charge is 0.340 e. The maximum Gasteiger partial charge on any atom is 0.340 e. The molecule has 0 aliphatic carbocycles. The summed E-state index contributed by atoms with van der Waals surface area (Å²) in [5.74, 6) is -0.290. The van der Waals surface area contributed by atoms with E-state index in [9.17, 15) is 39.0 Å². The zero-order valence-electron chi connectivity index (χ0n) is 45.9. The molecule has 14 heteroatoms. The van der Waals surface area contributed by atoms with Gasteiger partial charge in [0.2, 0.25) is 0 Å². The standard InChI is InChI=1S/C35H36O8.C31H32O6/c1-4-5-6-7-8-9-10-11-12-31(38)24-13-16-27-30(19-24)35(43-34(27)39)28-17-14-25(40-22(2)36)20-32(28)42-33-21-26(41-23(3)37)15-18-29(33)35;1-2-3-4-5-6-7-8-9-10-27(34)20-11-14-23-26(17-20)31(37-30(23)35)24-15-12-21(32)18-28(24)36-29-19-22(33)13-16-25(29)31/h13-21H,4-12H2,1-3H3;11-19,32-33H,2-10H2,1H3. The van der Waals surface area contributed by atoms with E-state index in [-0.39, 0.29) is 34.6 Å². The Hall–Kier alpha value is -8.26. The minimum atomic E-state index is -1.44. The number of aromatic hydroxyl groups is 2. The van der Waals surface area contributed by atoms with Crippen LogP contribution in [0.15, 0.2) is 109 Å². The number of ketones is 2. The Morgan fingerprint density at radius 2 is 0.750 bits per heavy atom. The molecule has 14 nitrogen and oxygen atoms in total. The van der Waals surface area contributed by atoms with Crippen molar-refractivity contribution in [3.8, 4) is 46.0 Å². The summed E-state index contributed by atoms with van der Waals surface area (Å²) >= 11 is 0. The van der Waals surface area contributed by atoms with Crippen molar-refractivity contribution in [1.82, 2.24) is 0 Å². The summed E-state index contributed by atoms with van der Waals surface area (Å²) in [5.41, 5.74) is 2.15. The summed E-state index contributed by atoms with van der Waals surface area (Å²) in [5, 5.41) is 20.2. The van der Waals surface area contributed by atoms with Crippen LogP contribution in [0.3, 0.4) is 0 Å². The fourth-order valence-electron chi connectivity index (χ4n) is 11.3. The first-order valence-corrected chi connectivity index (χ1v) is 28.2. The maximum atomic E-state index is 13.3. The van der Waals surface area contributed by atoms with Gasteiger partial charge in [-0.15, -0.1) is 0 Å². The van der Waals surface area contributed by atoms with Crippen molar-refractivity contribution in [3.05, 3.63) is 165 Å². The SMILES string of the molecule is CCCCCCCCCCC(=O)c1ccc2c(c1)C1(OC2=O)c2ccc(O)cc2Oc2cc(O)ccc21.CCCCCCCCCCC(=O)c1ccc2c(c1)C1(OC2=O)c2ccc(OC(C)=O)cc2Oc2cc(OC(C)=O)ccc21. The fraction of sp³-hybridized carbons (Fsp3) is 0.364. The molecule has 0 unspecified atom stereocenters. The van der Waals surface area contributed by atoms with E-state index in [1.54, 1.807) is 84.9 Å². The van der Waals surface area contributed by atoms with Gasteiger partial charge in [0, 0.05) is 95.5 Å². The number of hydrogen-bond acceptors (Lipinski definition) is 14. The zero-order valence-corrected chi connectivity index (χ0v) is 45.9. The van der Waals surface area contributed by atoms with Crippen LogP contribution in [0.1, 0.15) is 218 Å². The van der Waals surface area contributed by atoms with Crippen LogP contribution in [0.25, 0.3) is 0 Å². The first-order chi connectivity index (χ1) is 38.7. The van der Waals surface area contributed by atoms with Crippen LogP contribution in [0.4, 0.5) is 0 Å². The number of benzene rings is 6. The van der Waals surface area contributed by atoms with E-state index in [2.05, 4.69) is 13.8 Å². The van der Waals surface area contributed by atoms with E-state index < -0.39 is 35.1 Å². The van der Waals surface area contributed by atoms with Crippen molar-refractivity contribution in [2.24, 2.45) is 0 Å². The summed E-state index contributed by atoms with van der Waals surface area (Å²) in [4.78, 5) is 76.1. The van der Waals surface area contributed by atoms with E-state index in [4.69, 9.17) is 28.4 Å². The Morgan fingerprint density at radius 1 is 0.412 bits per heavy atom. The van der Waals surface area contributed by atoms with Crippen molar-refractivity contribution in [2.45, 2.75) is 154 Å². The quantitative estimate of drug-likeness (QED) is 0.0282. The van der Waals surface area contributed by atoms with Gasteiger partial charge in [0.25, 0.3) is 0 Å². The van der Waals surface area contributed by atoms with Gasteiger partial charge >= 0.3 is 23.9 Å². The van der Waals surface area contributed by atoms with Crippen molar-refractivity contribution in [2.75, 3.05) is 0 Å². The molecule has 0 radical (unpaired) electrons. The number of rotatable bonds is 22. The molecule has 0 saturated carbocycles. The van der Waals surface area contributed by atoms with E-state index in [0.717, 1.165) is 38.5 Å². The Balaban J connectivity index is 0.000000196. The molecule has 0 bridgehead atoms. The van der Waals surface area contributed by atoms with Crippen LogP contribution in [0.5, 0.6) is 46.0 Å². The Bertz CT molecular complexity index is 3230. The molecule has 6 aromatic rings. The summed E-state index contributed by atoms with van der Waals surface area (Å²) in [6.45, 7) is 7.01. The molecule has 416 valence electrons. The molecule has 6 aromatic carbocycles. The second-order valence-electron chi connectivity index (χ2n) is 21.0. The number of phenols is 2. The molecule has 0 amide bonds. The van der Waals surface area contributed by atoms with Gasteiger partial charge < -0.3 is 38.6 Å². The van der Waals surface area contributed by atoms with Crippen molar-refractivity contribution >= 4 is 35.4 Å². The average molecular weight is 1090 g/mol. The third kappa shape index (κ3) is 11.7. The lowest BCUT2D eigenvalue weighted by Crippen LogP contribution is -2.33. The summed E-state index contributed by atoms with van der Waals surface area (Å²) < 4.78 is 35.0. The number of Topliss-reactive ketones (excluding diaryl/α,β-unsaturated/α-hetero) is 2. The highest BCUT2D eigenvalue weighted by atomic mass is 16.6. The van der Waals surface area contributed by atoms with E-state index in [1.165, 1.54) is 102 Å². The van der Waals surface area contributed by atoms with Crippen LogP contribution in [-0.4, -0.2) is 45.7 Å². The third-order valence-electron chi connectivity index (χ3n) is 15.2. The summed E-state index contributed by atoms with van der Waals surface area (Å²) in [6, 6.07) is 29.1. The second kappa shape index (κ2) is 24.8. The number of carbonyl (C=O) groups is 6. The van der Waals surface area contributed by atoms with E-state index in [1.807, 2.05) is 0 Å². The molecule has 10 rings (SSSR count). The van der Waals surface area contributed by atoms with E-state index in [0.29, 0.717) is 91.5 Å². The summed E-state index contributed by atoms with van der Waals surface area (Å²) in [7, 11) is 0. The predicted octanol–water partition coefficient (Wildman–Crippen LogP) is 15.2. The van der Waals surface area contributed by atoms with Gasteiger partial charge in [-0.05, 0) is 85.6 Å². The molecule has 4 aliphatic rings. The first-order valence-electron chi connectivity index (χ1n) is 28.2. The number of phenolic OH excluding ortho intramolecular Hbond substituents is 2. The van der Waals surface area contributed by atoms with Gasteiger partial charge in [0.15, 0.2) is 22.8 Å². The van der Waals surface area contributed by atoms with Gasteiger partial charge in [-0.25, -0.2) is 9.59 Å². The summed E-state index contributed by atoms with van der Waals surface area (Å²) in [6.07, 6.45) is 19.3. The minimum Gasteiger partial charge on any atom is -0.508 e. The first kappa shape index (κ1) is 56.5. The molecule has 4 aliphatic heterocycles. The van der Waals surface area contributed by atoms with Crippen LogP contribution < -0.4 is 18.9 Å². The van der Waals surface area contributed by atoms with Gasteiger partial charge in [-0.3, -0.25) is 19.2 Å². The molecule has 80 heavy (non-hydrogen) atoms. The molecule has 0 aromatic heterocycles. The van der Waals surface area contributed by atoms with Crippen molar-refractivity contribution in [1.29, 1.82) is 0 Å². The number of esters is 4. The lowest BCUT2D eigenvalue weighted by Gasteiger charge is -2.36. The molecular formula is C66H68O14. The second-order valence-corrected chi connectivity index (χ2v) is 21.0. The largest absolute Gasteiger partial charge is 0.508 e. The topological polar surface area (TPSA) is 198 Å². The molecular weight excluding hydrogens is 1020 g/mol. The number of ether oxygens (including phenoxy) is 6. The number of unbranched alkanes of at least 4 members (excludes halogenated alkanes) is 14. The molecule has 2 N–H and O–H groups in total. The Morgan fingerprint density at radius 3 is 1.11 bits per heavy atom. The fourth-order valence-corrected chi connectivity index (χ4v) is 11.3. The van der Waals surface area contributed by atoms with Crippen LogP contribution >= 0.6 is 0 Å². The van der Waals surface area contributed by atoms with Gasteiger partial charge in [-0.1, -0.05) is 116 Å². The number of hydrogen-bond donors (Lipinski definition) is 2. The van der Waals surface area contributed by atoms with Gasteiger partial charge in [-0.2, -0.15) is 0 Å². The third-order valence-corrected chi connectivity index (χ3v) is 15.2. The normalized spacial score (nSPS) is 14.1. The molecule has 0 saturated heterocycles. The molecule has 0 fully saturated rings. The van der Waals surface area contributed by atoms with Crippen molar-refractivity contribution in [3.63, 3.8) is 0 Å². The van der Waals surface area contributed by atoms with Crippen LogP contribution in [-0.2, 0) is 30.3 Å². The van der Waals surface area contributed by atoms with Crippen LogP contribution in [0.2, 0.25) is 0 Å². The van der Waals surface area contributed by atoms with Crippen LogP contribution in [0, 0.1) is 0 Å². The minimum absolute atomic E-state index is 0.00339. The lowest BCUT2D eigenvalue weighted by atomic mass is 9.77. The van der Waals surface area contributed by atoms with Crippen molar-refractivity contribution < 1.29 is 67.4 Å². The lowest BCUT2D eigenvalue weighted by molar-refractivity contribution is -0.132. The van der Waals surface area contributed by atoms with E-state index >= 15 is 0 Å². The zero-order chi connectivity index (χ0) is 56.6. The predicted molar refractivity (Wildman–Crippen MR) is 298 cm³/mol. The molecule has 0 atom stereocenters. The number of carbonyl (C=O) groups excluding carboxylic acids is 6. The Kier molecular flexibility index (Phi) is 17.5. The monoisotopic (exact) mass is 1080 g/mol. The number of fused-ring (bicyclic) bond motifs is 12. The molecule has 2 spiro atoms. The Labute approximate surface area is 466 Å².